The number of sulfone groups is 1. The maximum absolute atomic E-state index is 13.5. The highest BCUT2D eigenvalue weighted by Gasteiger charge is 2.16. The number of amides is 1. The first-order chi connectivity index (χ1) is 10.7. The van der Waals surface area contributed by atoms with Gasteiger partial charge in [-0.1, -0.05) is 0 Å². The molecule has 6 nitrogen and oxygen atoms in total. The molecule has 2 aromatic rings. The third-order valence-electron chi connectivity index (χ3n) is 2.85. The molecule has 0 unspecified atom stereocenters. The zero-order valence-electron chi connectivity index (χ0n) is 11.9. The zero-order chi connectivity index (χ0) is 17.2. The summed E-state index contributed by atoms with van der Waals surface area (Å²) in [6.45, 7) is -1.20. The number of hydrogen-bond acceptors (Lipinski definition) is 5. The lowest BCUT2D eigenvalue weighted by atomic mass is 10.3. The number of hydrogen-bond donors (Lipinski definition) is 1. The van der Waals surface area contributed by atoms with E-state index in [0.717, 1.165) is 34.4 Å². The number of anilines is 1. The van der Waals surface area contributed by atoms with Crippen molar-refractivity contribution in [2.45, 2.75) is 11.4 Å². The summed E-state index contributed by atoms with van der Waals surface area (Å²) in [5, 5.41) is 3.66. The van der Waals surface area contributed by atoms with Crippen LogP contribution in [0.15, 0.2) is 33.4 Å². The van der Waals surface area contributed by atoms with Crippen molar-refractivity contribution in [2.75, 3.05) is 18.2 Å². The molecule has 0 spiro atoms. The Bertz CT molecular complexity index is 903. The van der Waals surface area contributed by atoms with Gasteiger partial charge in [-0.15, -0.1) is 11.3 Å². The van der Waals surface area contributed by atoms with E-state index in [9.17, 15) is 26.8 Å². The largest absolute Gasteiger partial charge is 0.320 e. The van der Waals surface area contributed by atoms with Crippen LogP contribution in [0, 0.1) is 5.82 Å². The second-order valence-electron chi connectivity index (χ2n) is 4.64. The van der Waals surface area contributed by atoms with Gasteiger partial charge in [-0.2, -0.15) is 0 Å². The summed E-state index contributed by atoms with van der Waals surface area (Å²) in [6, 6.07) is 2.02. The Morgan fingerprint density at radius 1 is 1.39 bits per heavy atom. The van der Waals surface area contributed by atoms with E-state index in [0.29, 0.717) is 0 Å². The van der Waals surface area contributed by atoms with Gasteiger partial charge < -0.3 is 9.88 Å². The summed E-state index contributed by atoms with van der Waals surface area (Å²) in [5.41, 5.74) is -1.02. The molecule has 0 atom stereocenters. The molecule has 0 bridgehead atoms. The monoisotopic (exact) mass is 362 g/mol. The maximum Gasteiger partial charge on any atom is 0.286 e. The highest BCUT2D eigenvalue weighted by atomic mass is 32.2. The average molecular weight is 362 g/mol. The standard InChI is InChI=1S/C13H12F2N2O4S2/c1-23(20,21)9-5-11(22-7-9)12(18)16-8-4-10(15)13(19)17(6-8)3-2-14/h4-7H,2-3H2,1H3,(H,16,18). The Hall–Kier alpha value is -2.07. The molecule has 2 aromatic heterocycles. The molecule has 0 fully saturated rings. The van der Waals surface area contributed by atoms with Gasteiger partial charge in [0.25, 0.3) is 11.5 Å². The molecule has 2 heterocycles. The molecule has 2 rings (SSSR count). The predicted octanol–water partition coefficient (Wildman–Crippen LogP) is 1.67. The average Bonchev–Trinajstić information content (AvgIpc) is 2.94. The number of halogens is 2. The van der Waals surface area contributed by atoms with Crippen molar-refractivity contribution in [3.63, 3.8) is 0 Å². The predicted molar refractivity (Wildman–Crippen MR) is 82.0 cm³/mol. The quantitative estimate of drug-likeness (QED) is 0.877. The molecule has 0 radical (unpaired) electrons. The van der Waals surface area contributed by atoms with Crippen molar-refractivity contribution in [3.8, 4) is 0 Å². The minimum absolute atomic E-state index is 0.00114. The van der Waals surface area contributed by atoms with E-state index < -0.39 is 33.8 Å². The fourth-order valence-corrected chi connectivity index (χ4v) is 3.66. The normalized spacial score (nSPS) is 11.4. The SMILES string of the molecule is CS(=O)(=O)c1csc(C(=O)Nc2cc(F)c(=O)n(CCF)c2)c1. The molecule has 1 amide bonds. The third-order valence-corrected chi connectivity index (χ3v) is 5.02. The van der Waals surface area contributed by atoms with E-state index in [1.807, 2.05) is 0 Å². The van der Waals surface area contributed by atoms with Crippen LogP contribution in [0.2, 0.25) is 0 Å². The number of alkyl halides is 1. The smallest absolute Gasteiger partial charge is 0.286 e. The highest BCUT2D eigenvalue weighted by Crippen LogP contribution is 2.20. The lowest BCUT2D eigenvalue weighted by Gasteiger charge is -2.08. The summed E-state index contributed by atoms with van der Waals surface area (Å²) >= 11 is 0.912. The van der Waals surface area contributed by atoms with Gasteiger partial charge in [0, 0.05) is 23.9 Å². The molecule has 0 saturated carbocycles. The Labute approximate surface area is 134 Å². The summed E-state index contributed by atoms with van der Waals surface area (Å²) in [7, 11) is -3.43. The van der Waals surface area contributed by atoms with Crippen LogP contribution < -0.4 is 10.9 Å². The molecule has 0 aromatic carbocycles. The number of carbonyl (C=O) groups excluding carboxylic acids is 1. The maximum atomic E-state index is 13.5. The minimum atomic E-state index is -3.43. The van der Waals surface area contributed by atoms with Crippen LogP contribution in [0.4, 0.5) is 14.5 Å². The van der Waals surface area contributed by atoms with E-state index in [1.54, 1.807) is 0 Å². The Morgan fingerprint density at radius 2 is 2.09 bits per heavy atom. The molecular weight excluding hydrogens is 350 g/mol. The van der Waals surface area contributed by atoms with Gasteiger partial charge in [0.1, 0.15) is 6.67 Å². The van der Waals surface area contributed by atoms with Gasteiger partial charge >= 0.3 is 0 Å². The van der Waals surface area contributed by atoms with Crippen molar-refractivity contribution in [1.82, 2.24) is 4.57 Å². The lowest BCUT2D eigenvalue weighted by molar-refractivity contribution is 0.103. The van der Waals surface area contributed by atoms with Gasteiger partial charge in [-0.3, -0.25) is 9.59 Å². The van der Waals surface area contributed by atoms with Gasteiger partial charge in [0.2, 0.25) is 0 Å². The number of pyridine rings is 1. The minimum Gasteiger partial charge on any atom is -0.320 e. The number of thiophene rings is 1. The number of carbonyl (C=O) groups is 1. The second kappa shape index (κ2) is 6.59. The molecule has 1 N–H and O–H groups in total. The van der Waals surface area contributed by atoms with Gasteiger partial charge in [-0.05, 0) is 6.07 Å². The second-order valence-corrected chi connectivity index (χ2v) is 7.56. The van der Waals surface area contributed by atoms with E-state index in [2.05, 4.69) is 5.32 Å². The number of rotatable bonds is 5. The van der Waals surface area contributed by atoms with Crippen molar-refractivity contribution in [1.29, 1.82) is 0 Å². The number of nitrogens with zero attached hydrogens (tertiary/aromatic N) is 1. The van der Waals surface area contributed by atoms with Crippen LogP contribution in [-0.2, 0) is 16.4 Å². The topological polar surface area (TPSA) is 85.2 Å². The van der Waals surface area contributed by atoms with Gasteiger partial charge in [-0.25, -0.2) is 17.2 Å². The lowest BCUT2D eigenvalue weighted by Crippen LogP contribution is -2.24. The van der Waals surface area contributed by atoms with Crippen molar-refractivity contribution in [2.24, 2.45) is 0 Å². The van der Waals surface area contributed by atoms with Crippen molar-refractivity contribution >= 4 is 32.8 Å². The van der Waals surface area contributed by atoms with Crippen LogP contribution in [0.1, 0.15) is 9.67 Å². The summed E-state index contributed by atoms with van der Waals surface area (Å²) in [5.74, 6) is -1.78. The fourth-order valence-electron chi connectivity index (χ4n) is 1.75. The summed E-state index contributed by atoms with van der Waals surface area (Å²) in [6.07, 6.45) is 2.13. The summed E-state index contributed by atoms with van der Waals surface area (Å²) in [4.78, 5) is 23.6. The van der Waals surface area contributed by atoms with Crippen molar-refractivity contribution < 1.29 is 22.0 Å². The fraction of sp³-hybridized carbons (Fsp3) is 0.231. The zero-order valence-corrected chi connectivity index (χ0v) is 13.5. The van der Waals surface area contributed by atoms with Crippen molar-refractivity contribution in [3.05, 3.63) is 44.8 Å². The third kappa shape index (κ3) is 4.02. The van der Waals surface area contributed by atoms with Crippen LogP contribution in [-0.4, -0.2) is 31.8 Å². The van der Waals surface area contributed by atoms with E-state index in [-0.39, 0.29) is 22.0 Å². The van der Waals surface area contributed by atoms with Crippen LogP contribution in [0.5, 0.6) is 0 Å². The first kappa shape index (κ1) is 17.3. The summed E-state index contributed by atoms with van der Waals surface area (Å²) < 4.78 is 49.4. The van der Waals surface area contributed by atoms with E-state index >= 15 is 0 Å². The molecule has 0 aliphatic heterocycles. The number of aryl methyl sites for hydroxylation is 1. The van der Waals surface area contributed by atoms with Crippen LogP contribution in [0.3, 0.4) is 0 Å². The molecule has 10 heteroatoms. The van der Waals surface area contributed by atoms with E-state index in [4.69, 9.17) is 0 Å². The Kier molecular flexibility index (Phi) is 4.95. The Morgan fingerprint density at radius 3 is 2.65 bits per heavy atom. The van der Waals surface area contributed by atoms with Crippen LogP contribution >= 0.6 is 11.3 Å². The highest BCUT2D eigenvalue weighted by molar-refractivity contribution is 7.90. The Balaban J connectivity index is 2.27. The first-order valence-electron chi connectivity index (χ1n) is 6.28. The molecule has 124 valence electrons. The van der Waals surface area contributed by atoms with Crippen LogP contribution in [0.25, 0.3) is 0 Å². The molecule has 0 saturated heterocycles. The van der Waals surface area contributed by atoms with Gasteiger partial charge in [0.15, 0.2) is 15.7 Å². The molecule has 0 aliphatic carbocycles. The number of nitrogens with one attached hydrogen (secondary N) is 1. The van der Waals surface area contributed by atoms with Gasteiger partial charge in [0.05, 0.1) is 22.0 Å². The molecule has 0 aliphatic rings. The first-order valence-corrected chi connectivity index (χ1v) is 9.05. The number of aromatic nitrogens is 1. The molecule has 23 heavy (non-hydrogen) atoms. The van der Waals surface area contributed by atoms with E-state index in [1.165, 1.54) is 11.4 Å². The molecular formula is C13H12F2N2O4S2.